The van der Waals surface area contributed by atoms with Gasteiger partial charge in [0, 0.05) is 22.8 Å². The summed E-state index contributed by atoms with van der Waals surface area (Å²) in [6, 6.07) is 11.3. The maximum atomic E-state index is 12.5. The molecule has 1 amide bonds. The third-order valence-corrected chi connectivity index (χ3v) is 6.66. The van der Waals surface area contributed by atoms with Crippen LogP contribution in [-0.2, 0) is 4.79 Å². The van der Waals surface area contributed by atoms with Gasteiger partial charge in [0.2, 0.25) is 5.91 Å². The third-order valence-electron chi connectivity index (χ3n) is 4.28. The molecule has 1 N–H and O–H groups in total. The van der Waals surface area contributed by atoms with E-state index in [4.69, 9.17) is 23.2 Å². The molecule has 0 aliphatic rings. The maximum absolute atomic E-state index is 12.5. The van der Waals surface area contributed by atoms with Crippen molar-refractivity contribution < 1.29 is 18.3 Å². The lowest BCUT2D eigenvalue weighted by Gasteiger charge is -2.13. The molecule has 2 aromatic carbocycles. The zero-order valence-electron chi connectivity index (χ0n) is 16.5. The number of rotatable bonds is 8. The number of aromatic nitrogens is 3. The number of hydrogen-bond donors (Lipinski definition) is 1. The van der Waals surface area contributed by atoms with Crippen molar-refractivity contribution in [2.24, 2.45) is 0 Å². The van der Waals surface area contributed by atoms with Crippen molar-refractivity contribution in [2.75, 3.05) is 11.1 Å². The van der Waals surface area contributed by atoms with Crippen molar-refractivity contribution in [1.82, 2.24) is 14.5 Å². The van der Waals surface area contributed by atoms with E-state index in [1.54, 1.807) is 52.7 Å². The normalized spacial score (nSPS) is 11.1. The number of thioether (sulfide) groups is 1. The van der Waals surface area contributed by atoms with Crippen LogP contribution in [0.4, 0.5) is 13.9 Å². The molecule has 2 heterocycles. The molecule has 4 aromatic rings. The highest BCUT2D eigenvalue weighted by atomic mass is 35.5. The monoisotopic (exact) mass is 526 g/mol. The van der Waals surface area contributed by atoms with E-state index in [-0.39, 0.29) is 17.4 Å². The Hall–Kier alpha value is -2.66. The number of imidazole rings is 1. The van der Waals surface area contributed by atoms with Crippen LogP contribution in [0, 0.1) is 0 Å². The van der Waals surface area contributed by atoms with Crippen LogP contribution >= 0.6 is 46.3 Å². The highest BCUT2D eigenvalue weighted by Crippen LogP contribution is 2.34. The van der Waals surface area contributed by atoms with E-state index in [1.165, 1.54) is 35.2 Å². The molecule has 0 atom stereocenters. The number of thiazole rings is 1. The average molecular weight is 527 g/mol. The molecule has 12 heteroatoms. The number of nitrogens with zero attached hydrogens (tertiary/aromatic N) is 3. The molecule has 6 nitrogen and oxygen atoms in total. The molecule has 0 bridgehead atoms. The molecule has 0 spiro atoms. The lowest BCUT2D eigenvalue weighted by atomic mass is 10.1. The molecular weight excluding hydrogens is 513 g/mol. The summed E-state index contributed by atoms with van der Waals surface area (Å²) in [6.07, 6.45) is 3.25. The fourth-order valence-corrected chi connectivity index (χ4v) is 4.53. The molecule has 0 aliphatic heterocycles. The highest BCUT2D eigenvalue weighted by Gasteiger charge is 2.17. The van der Waals surface area contributed by atoms with Crippen LogP contribution in [0.25, 0.3) is 16.9 Å². The van der Waals surface area contributed by atoms with Crippen molar-refractivity contribution >= 4 is 57.3 Å². The first-order valence-electron chi connectivity index (χ1n) is 9.31. The Balaban J connectivity index is 1.65. The zero-order chi connectivity index (χ0) is 23.4. The predicted octanol–water partition coefficient (Wildman–Crippen LogP) is 6.63. The number of amides is 1. The molecule has 0 saturated heterocycles. The minimum atomic E-state index is -2.92. The van der Waals surface area contributed by atoms with Gasteiger partial charge in [-0.25, -0.2) is 9.97 Å². The number of benzene rings is 2. The van der Waals surface area contributed by atoms with Gasteiger partial charge in [0.15, 0.2) is 10.3 Å². The average Bonchev–Trinajstić information content (AvgIpc) is 3.44. The Labute approximate surface area is 205 Å². The largest absolute Gasteiger partial charge is 0.435 e. The van der Waals surface area contributed by atoms with Crippen LogP contribution in [0.3, 0.4) is 0 Å². The quantitative estimate of drug-likeness (QED) is 0.261. The van der Waals surface area contributed by atoms with Crippen molar-refractivity contribution in [3.63, 3.8) is 0 Å². The van der Waals surface area contributed by atoms with Crippen molar-refractivity contribution in [2.45, 2.75) is 11.8 Å². The number of carbonyl (C=O) groups is 1. The molecule has 0 saturated carbocycles. The molecule has 0 aliphatic carbocycles. The Kier molecular flexibility index (Phi) is 7.49. The Bertz CT molecular complexity index is 1250. The second-order valence-electron chi connectivity index (χ2n) is 6.44. The first-order valence-corrected chi connectivity index (χ1v) is 11.9. The number of hydrogen-bond acceptors (Lipinski definition) is 6. The van der Waals surface area contributed by atoms with E-state index in [0.717, 1.165) is 5.56 Å². The summed E-state index contributed by atoms with van der Waals surface area (Å²) in [7, 11) is 0. The molecule has 4 rings (SSSR count). The van der Waals surface area contributed by atoms with Gasteiger partial charge in [0.05, 0.1) is 27.7 Å². The molecule has 0 unspecified atom stereocenters. The minimum absolute atomic E-state index is 0.0296. The molecule has 33 heavy (non-hydrogen) atoms. The Morgan fingerprint density at radius 1 is 1.15 bits per heavy atom. The van der Waals surface area contributed by atoms with Crippen molar-refractivity contribution in [1.29, 1.82) is 0 Å². The zero-order valence-corrected chi connectivity index (χ0v) is 19.7. The number of alkyl halides is 2. The highest BCUT2D eigenvalue weighted by molar-refractivity contribution is 7.99. The van der Waals surface area contributed by atoms with E-state index in [1.807, 2.05) is 0 Å². The minimum Gasteiger partial charge on any atom is -0.435 e. The topological polar surface area (TPSA) is 69.0 Å². The maximum Gasteiger partial charge on any atom is 0.387 e. The summed E-state index contributed by atoms with van der Waals surface area (Å²) in [5.74, 6) is -0.118. The van der Waals surface area contributed by atoms with Crippen LogP contribution < -0.4 is 10.1 Å². The fraction of sp³-hybridized carbons (Fsp3) is 0.0952. The van der Waals surface area contributed by atoms with E-state index >= 15 is 0 Å². The van der Waals surface area contributed by atoms with Gasteiger partial charge in [0.25, 0.3) is 0 Å². The van der Waals surface area contributed by atoms with Gasteiger partial charge in [-0.2, -0.15) is 8.78 Å². The molecule has 2 aromatic heterocycles. The van der Waals surface area contributed by atoms with Crippen molar-refractivity contribution in [3.05, 3.63) is 70.3 Å². The second kappa shape index (κ2) is 10.5. The SMILES string of the molecule is O=C(CSc1ncc(-c2ccc(Cl)c(Cl)c2)n1-c1ccc(OC(F)F)cc1)Nc1nccs1. The molecule has 170 valence electrons. The Morgan fingerprint density at radius 3 is 2.61 bits per heavy atom. The van der Waals surface area contributed by atoms with Gasteiger partial charge in [-0.05, 0) is 36.4 Å². The number of ether oxygens (including phenoxy) is 1. The molecule has 0 radical (unpaired) electrons. The first kappa shape index (κ1) is 23.5. The summed E-state index contributed by atoms with van der Waals surface area (Å²) >= 11 is 14.8. The number of carbonyl (C=O) groups excluding carboxylic acids is 1. The van der Waals surface area contributed by atoms with Gasteiger partial charge in [-0.1, -0.05) is 41.0 Å². The van der Waals surface area contributed by atoms with Crippen LogP contribution in [0.2, 0.25) is 10.0 Å². The lowest BCUT2D eigenvalue weighted by molar-refractivity contribution is -0.113. The number of halogens is 4. The standard InChI is InChI=1S/C21H14Cl2F2N4O2S2/c22-15-6-1-12(9-16(15)23)17-10-27-21(33-11-18(30)28-20-26-7-8-32-20)29(17)13-2-4-14(5-3-13)31-19(24)25/h1-10,19H,11H2,(H,26,28,30). The Morgan fingerprint density at radius 2 is 1.94 bits per heavy atom. The summed E-state index contributed by atoms with van der Waals surface area (Å²) in [5, 5.41) is 6.30. The smallest absolute Gasteiger partial charge is 0.387 e. The lowest BCUT2D eigenvalue weighted by Crippen LogP contribution is -2.14. The predicted molar refractivity (Wildman–Crippen MR) is 127 cm³/mol. The van der Waals surface area contributed by atoms with Gasteiger partial charge in [-0.3, -0.25) is 9.36 Å². The van der Waals surface area contributed by atoms with Gasteiger partial charge in [0.1, 0.15) is 5.75 Å². The van der Waals surface area contributed by atoms with E-state index in [9.17, 15) is 13.6 Å². The van der Waals surface area contributed by atoms with E-state index in [0.29, 0.717) is 31.7 Å². The van der Waals surface area contributed by atoms with Crippen LogP contribution in [0.1, 0.15) is 0 Å². The van der Waals surface area contributed by atoms with E-state index < -0.39 is 6.61 Å². The third kappa shape index (κ3) is 5.83. The molecule has 0 fully saturated rings. The summed E-state index contributed by atoms with van der Waals surface area (Å²) in [4.78, 5) is 20.8. The van der Waals surface area contributed by atoms with Crippen LogP contribution in [0.5, 0.6) is 5.75 Å². The summed E-state index contributed by atoms with van der Waals surface area (Å²) in [6.45, 7) is -2.92. The van der Waals surface area contributed by atoms with Crippen molar-refractivity contribution in [3.8, 4) is 22.7 Å². The van der Waals surface area contributed by atoms with Gasteiger partial charge >= 0.3 is 6.61 Å². The number of nitrogens with one attached hydrogen (secondary N) is 1. The van der Waals surface area contributed by atoms with Crippen LogP contribution in [-0.4, -0.2) is 32.8 Å². The van der Waals surface area contributed by atoms with Crippen LogP contribution in [0.15, 0.2) is 65.4 Å². The summed E-state index contributed by atoms with van der Waals surface area (Å²) < 4.78 is 31.3. The van der Waals surface area contributed by atoms with Gasteiger partial charge < -0.3 is 10.1 Å². The van der Waals surface area contributed by atoms with E-state index in [2.05, 4.69) is 20.0 Å². The second-order valence-corrected chi connectivity index (χ2v) is 9.09. The molecular formula is C21H14Cl2F2N4O2S2. The summed E-state index contributed by atoms with van der Waals surface area (Å²) in [5.41, 5.74) is 2.06. The van der Waals surface area contributed by atoms with Gasteiger partial charge in [-0.15, -0.1) is 11.3 Å². The first-order chi connectivity index (χ1) is 15.9. The number of anilines is 1. The fourth-order valence-electron chi connectivity index (χ4n) is 2.89.